The van der Waals surface area contributed by atoms with Gasteiger partial charge in [0.25, 0.3) is 0 Å². The first-order valence-electron chi connectivity index (χ1n) is 6.66. The Morgan fingerprint density at radius 2 is 2.05 bits per heavy atom. The first kappa shape index (κ1) is 17.0. The van der Waals surface area contributed by atoms with E-state index in [1.165, 1.54) is 0 Å². The number of ketones is 1. The maximum Gasteiger partial charge on any atom is 0.179 e. The second kappa shape index (κ2) is 8.25. The van der Waals surface area contributed by atoms with Crippen molar-refractivity contribution in [3.05, 3.63) is 28.8 Å². The predicted octanol–water partition coefficient (Wildman–Crippen LogP) is 2.92. The van der Waals surface area contributed by atoms with Crippen molar-refractivity contribution in [2.24, 2.45) is 11.7 Å². The lowest BCUT2D eigenvalue weighted by Gasteiger charge is -2.14. The number of benzene rings is 1. The van der Waals surface area contributed by atoms with Crippen LogP contribution >= 0.6 is 11.6 Å². The summed E-state index contributed by atoms with van der Waals surface area (Å²) in [6, 6.07) is 4.49. The summed E-state index contributed by atoms with van der Waals surface area (Å²) in [7, 11) is 1.60. The molecule has 112 valence electrons. The molecule has 20 heavy (non-hydrogen) atoms. The highest BCUT2D eigenvalue weighted by molar-refractivity contribution is 6.32. The zero-order valence-electron chi connectivity index (χ0n) is 12.2. The lowest BCUT2D eigenvalue weighted by Crippen LogP contribution is -2.31. The van der Waals surface area contributed by atoms with Gasteiger partial charge in [0.15, 0.2) is 5.78 Å². The maximum absolute atomic E-state index is 12.2. The van der Waals surface area contributed by atoms with Crippen molar-refractivity contribution in [3.8, 4) is 5.75 Å². The van der Waals surface area contributed by atoms with Crippen LogP contribution in [0.5, 0.6) is 5.75 Å². The van der Waals surface area contributed by atoms with Crippen molar-refractivity contribution >= 4 is 17.4 Å². The van der Waals surface area contributed by atoms with E-state index in [4.69, 9.17) is 26.8 Å². The highest BCUT2D eigenvalue weighted by atomic mass is 35.5. The van der Waals surface area contributed by atoms with E-state index in [-0.39, 0.29) is 5.78 Å². The first-order valence-corrected chi connectivity index (χ1v) is 7.04. The second-order valence-electron chi connectivity index (χ2n) is 5.09. The standard InChI is InChI=1S/C15H22ClNO3/c1-10(2)8-13(17)15(18)11-4-5-14(12(16)9-11)20-7-6-19-3/h4-5,9-10,13H,6-8,17H2,1-3H3. The van der Waals surface area contributed by atoms with E-state index in [1.54, 1.807) is 25.3 Å². The van der Waals surface area contributed by atoms with E-state index in [1.807, 2.05) is 13.8 Å². The van der Waals surface area contributed by atoms with Crippen LogP contribution in [0.25, 0.3) is 0 Å². The molecule has 0 aliphatic heterocycles. The monoisotopic (exact) mass is 299 g/mol. The summed E-state index contributed by atoms with van der Waals surface area (Å²) in [4.78, 5) is 12.2. The summed E-state index contributed by atoms with van der Waals surface area (Å²) in [5, 5.41) is 0.406. The Bertz CT molecular complexity index is 449. The molecule has 0 aromatic heterocycles. The molecule has 1 unspecified atom stereocenters. The van der Waals surface area contributed by atoms with Crippen molar-refractivity contribution in [2.75, 3.05) is 20.3 Å². The van der Waals surface area contributed by atoms with Gasteiger partial charge in [-0.2, -0.15) is 0 Å². The number of hydrogen-bond acceptors (Lipinski definition) is 4. The third-order valence-corrected chi connectivity index (χ3v) is 3.12. The minimum Gasteiger partial charge on any atom is -0.490 e. The van der Waals surface area contributed by atoms with Crippen LogP contribution in [0.2, 0.25) is 5.02 Å². The number of carbonyl (C=O) groups excluding carboxylic acids is 1. The topological polar surface area (TPSA) is 61.5 Å². The molecule has 0 amide bonds. The molecule has 1 aromatic rings. The number of ether oxygens (including phenoxy) is 2. The number of carbonyl (C=O) groups is 1. The molecule has 1 rings (SSSR count). The number of hydrogen-bond donors (Lipinski definition) is 1. The summed E-state index contributed by atoms with van der Waals surface area (Å²) in [5.74, 6) is 0.822. The van der Waals surface area contributed by atoms with Crippen LogP contribution in [0.1, 0.15) is 30.6 Å². The summed E-state index contributed by atoms with van der Waals surface area (Å²) in [6.45, 7) is 4.96. The third kappa shape index (κ3) is 5.12. The SMILES string of the molecule is COCCOc1ccc(C(=O)C(N)CC(C)C)cc1Cl. The van der Waals surface area contributed by atoms with Gasteiger partial charge in [-0.25, -0.2) is 0 Å². The minimum atomic E-state index is -0.494. The average Bonchev–Trinajstić information content (AvgIpc) is 2.39. The van der Waals surface area contributed by atoms with E-state index in [0.717, 1.165) is 0 Å². The Labute approximate surface area is 125 Å². The molecule has 0 aliphatic carbocycles. The molecule has 5 heteroatoms. The normalized spacial score (nSPS) is 12.5. The van der Waals surface area contributed by atoms with Gasteiger partial charge >= 0.3 is 0 Å². The van der Waals surface area contributed by atoms with Gasteiger partial charge in [0.1, 0.15) is 12.4 Å². The van der Waals surface area contributed by atoms with Crippen LogP contribution in [0, 0.1) is 5.92 Å². The highest BCUT2D eigenvalue weighted by Gasteiger charge is 2.18. The summed E-state index contributed by atoms with van der Waals surface area (Å²) < 4.78 is 10.3. The Hall–Kier alpha value is -1.10. The first-order chi connectivity index (χ1) is 9.45. The average molecular weight is 300 g/mol. The molecule has 0 saturated carbocycles. The van der Waals surface area contributed by atoms with Crippen LogP contribution in [0.15, 0.2) is 18.2 Å². The molecule has 0 spiro atoms. The van der Waals surface area contributed by atoms with Crippen molar-refractivity contribution in [1.29, 1.82) is 0 Å². The van der Waals surface area contributed by atoms with Gasteiger partial charge < -0.3 is 15.2 Å². The third-order valence-electron chi connectivity index (χ3n) is 2.82. The predicted molar refractivity (Wildman–Crippen MR) is 80.6 cm³/mol. The van der Waals surface area contributed by atoms with Crippen LogP contribution in [0.3, 0.4) is 0 Å². The molecular formula is C15H22ClNO3. The molecule has 0 bridgehead atoms. The molecule has 0 saturated heterocycles. The van der Waals surface area contributed by atoms with Crippen LogP contribution in [-0.2, 0) is 4.74 Å². The number of halogens is 1. The summed E-state index contributed by atoms with van der Waals surface area (Å²) in [5.41, 5.74) is 6.41. The molecule has 4 nitrogen and oxygen atoms in total. The fourth-order valence-corrected chi connectivity index (χ4v) is 2.07. The lowest BCUT2D eigenvalue weighted by atomic mass is 9.97. The molecule has 1 aromatic carbocycles. The van der Waals surface area contributed by atoms with Crippen molar-refractivity contribution in [1.82, 2.24) is 0 Å². The van der Waals surface area contributed by atoms with Crippen LogP contribution < -0.4 is 10.5 Å². The Balaban J connectivity index is 2.73. The zero-order valence-corrected chi connectivity index (χ0v) is 12.9. The smallest absolute Gasteiger partial charge is 0.179 e. The Morgan fingerprint density at radius 3 is 2.60 bits per heavy atom. The zero-order chi connectivity index (χ0) is 15.1. The molecule has 0 aliphatic rings. The molecule has 1 atom stereocenters. The van der Waals surface area contributed by atoms with Gasteiger partial charge in [0.2, 0.25) is 0 Å². The van der Waals surface area contributed by atoms with Gasteiger partial charge in [-0.3, -0.25) is 4.79 Å². The highest BCUT2D eigenvalue weighted by Crippen LogP contribution is 2.26. The van der Waals surface area contributed by atoms with Crippen molar-refractivity contribution < 1.29 is 14.3 Å². The van der Waals surface area contributed by atoms with Crippen LogP contribution in [0.4, 0.5) is 0 Å². The molecule has 0 heterocycles. The fraction of sp³-hybridized carbons (Fsp3) is 0.533. The number of methoxy groups -OCH3 is 1. The number of nitrogens with two attached hydrogens (primary N) is 1. The van der Waals surface area contributed by atoms with Gasteiger partial charge in [-0.05, 0) is 30.5 Å². The molecule has 0 fully saturated rings. The van der Waals surface area contributed by atoms with E-state index < -0.39 is 6.04 Å². The molecule has 2 N–H and O–H groups in total. The van der Waals surface area contributed by atoms with Gasteiger partial charge in [0.05, 0.1) is 17.7 Å². The summed E-state index contributed by atoms with van der Waals surface area (Å²) in [6.07, 6.45) is 0.655. The summed E-state index contributed by atoms with van der Waals surface area (Å²) >= 11 is 6.10. The number of Topliss-reactive ketones (excluding diaryl/α,β-unsaturated/α-hetero) is 1. The van der Waals surface area contributed by atoms with E-state index in [9.17, 15) is 4.79 Å². The lowest BCUT2D eigenvalue weighted by molar-refractivity contribution is 0.0951. The van der Waals surface area contributed by atoms with E-state index in [2.05, 4.69) is 0 Å². The molecule has 0 radical (unpaired) electrons. The fourth-order valence-electron chi connectivity index (χ4n) is 1.84. The Kier molecular flexibility index (Phi) is 6.99. The van der Waals surface area contributed by atoms with Crippen LogP contribution in [-0.4, -0.2) is 32.1 Å². The largest absolute Gasteiger partial charge is 0.490 e. The number of rotatable bonds is 8. The van der Waals surface area contributed by atoms with Gasteiger partial charge in [-0.1, -0.05) is 25.4 Å². The van der Waals surface area contributed by atoms with E-state index in [0.29, 0.717) is 41.9 Å². The molecular weight excluding hydrogens is 278 g/mol. The van der Waals surface area contributed by atoms with Crippen molar-refractivity contribution in [3.63, 3.8) is 0 Å². The maximum atomic E-state index is 12.2. The van der Waals surface area contributed by atoms with Crippen molar-refractivity contribution in [2.45, 2.75) is 26.3 Å². The Morgan fingerprint density at radius 1 is 1.35 bits per heavy atom. The quantitative estimate of drug-likeness (QED) is 0.592. The van der Waals surface area contributed by atoms with Gasteiger partial charge in [0, 0.05) is 12.7 Å². The minimum absolute atomic E-state index is 0.0935. The van der Waals surface area contributed by atoms with Gasteiger partial charge in [-0.15, -0.1) is 0 Å². The second-order valence-corrected chi connectivity index (χ2v) is 5.49. The van der Waals surface area contributed by atoms with E-state index >= 15 is 0 Å².